The molecule has 3 rings (SSSR count). The van der Waals surface area contributed by atoms with Crippen molar-refractivity contribution in [2.75, 3.05) is 23.7 Å². The number of benzene rings is 1. The van der Waals surface area contributed by atoms with Gasteiger partial charge in [-0.15, -0.1) is 0 Å². The van der Waals surface area contributed by atoms with Crippen molar-refractivity contribution in [3.8, 4) is 0 Å². The Balaban J connectivity index is 1.58. The highest BCUT2D eigenvalue weighted by Gasteiger charge is 2.08. The van der Waals surface area contributed by atoms with E-state index in [1.165, 1.54) is 18.5 Å². The van der Waals surface area contributed by atoms with Crippen molar-refractivity contribution in [3.63, 3.8) is 0 Å². The quantitative estimate of drug-likeness (QED) is 0.591. The van der Waals surface area contributed by atoms with E-state index in [4.69, 9.17) is 0 Å². The summed E-state index contributed by atoms with van der Waals surface area (Å²) >= 11 is 1.38. The molecule has 3 N–H and O–H groups in total. The Hall–Kier alpha value is -3.00. The van der Waals surface area contributed by atoms with Crippen LogP contribution in [0.1, 0.15) is 17.4 Å². The molecule has 7 nitrogen and oxygen atoms in total. The van der Waals surface area contributed by atoms with E-state index in [0.29, 0.717) is 18.8 Å². The molecule has 0 spiro atoms. The normalized spacial score (nSPS) is 10.4. The summed E-state index contributed by atoms with van der Waals surface area (Å²) in [5.41, 5.74) is 1.12. The first-order valence-corrected chi connectivity index (χ1v) is 8.51. The van der Waals surface area contributed by atoms with E-state index in [0.717, 1.165) is 21.6 Å². The standard InChI is InChI=1S/C17H17N5O2S/c1-11(23)21-12-5-6-15-13(10-12)16(22-25-15)19-8-9-20-17(24)14-4-2-3-7-18-14/h2-7,10H,8-9H2,1H3,(H,19,22)(H,20,24)(H,21,23). The fourth-order valence-electron chi connectivity index (χ4n) is 2.29. The van der Waals surface area contributed by atoms with Crippen LogP contribution in [0, 0.1) is 0 Å². The number of aromatic nitrogens is 2. The first-order valence-electron chi connectivity index (χ1n) is 7.73. The second kappa shape index (κ2) is 7.71. The minimum atomic E-state index is -0.210. The second-order valence-corrected chi connectivity index (χ2v) is 6.13. The minimum Gasteiger partial charge on any atom is -0.367 e. The number of fused-ring (bicyclic) bond motifs is 1. The van der Waals surface area contributed by atoms with Crippen molar-refractivity contribution in [2.24, 2.45) is 0 Å². The van der Waals surface area contributed by atoms with E-state index in [9.17, 15) is 9.59 Å². The summed E-state index contributed by atoms with van der Waals surface area (Å²) in [6, 6.07) is 10.9. The third-order valence-electron chi connectivity index (χ3n) is 3.39. The molecular formula is C17H17N5O2S. The van der Waals surface area contributed by atoms with Crippen LogP contribution < -0.4 is 16.0 Å². The molecule has 25 heavy (non-hydrogen) atoms. The van der Waals surface area contributed by atoms with Crippen LogP contribution in [-0.4, -0.2) is 34.3 Å². The molecule has 2 amide bonds. The summed E-state index contributed by atoms with van der Waals surface area (Å²) in [7, 11) is 0. The van der Waals surface area contributed by atoms with E-state index >= 15 is 0 Å². The van der Waals surface area contributed by atoms with Crippen LogP contribution in [0.2, 0.25) is 0 Å². The molecule has 128 valence electrons. The molecule has 0 saturated heterocycles. The number of nitrogens with one attached hydrogen (secondary N) is 3. The Labute approximate surface area is 148 Å². The predicted molar refractivity (Wildman–Crippen MR) is 99.0 cm³/mol. The number of carbonyl (C=O) groups is 2. The first kappa shape index (κ1) is 16.8. The van der Waals surface area contributed by atoms with Gasteiger partial charge in [-0.2, -0.15) is 4.37 Å². The molecule has 2 heterocycles. The molecule has 3 aromatic rings. The van der Waals surface area contributed by atoms with Crippen LogP contribution in [0.15, 0.2) is 42.6 Å². The molecule has 0 aliphatic carbocycles. The molecule has 0 saturated carbocycles. The topological polar surface area (TPSA) is 96.0 Å². The molecule has 0 radical (unpaired) electrons. The Kier molecular flexibility index (Phi) is 5.20. The van der Waals surface area contributed by atoms with Crippen LogP contribution >= 0.6 is 11.5 Å². The molecule has 2 aromatic heterocycles. The first-order chi connectivity index (χ1) is 12.1. The lowest BCUT2D eigenvalue weighted by Crippen LogP contribution is -2.29. The van der Waals surface area contributed by atoms with Crippen molar-refractivity contribution < 1.29 is 9.59 Å². The smallest absolute Gasteiger partial charge is 0.269 e. The van der Waals surface area contributed by atoms with E-state index in [1.54, 1.807) is 24.4 Å². The highest BCUT2D eigenvalue weighted by Crippen LogP contribution is 2.29. The molecule has 0 fully saturated rings. The zero-order chi connectivity index (χ0) is 17.6. The van der Waals surface area contributed by atoms with Gasteiger partial charge in [0, 0.05) is 37.3 Å². The summed E-state index contributed by atoms with van der Waals surface area (Å²) < 4.78 is 5.41. The number of rotatable bonds is 6. The van der Waals surface area contributed by atoms with E-state index in [-0.39, 0.29) is 11.8 Å². The number of pyridine rings is 1. The van der Waals surface area contributed by atoms with Crippen LogP contribution in [0.4, 0.5) is 11.5 Å². The van der Waals surface area contributed by atoms with Gasteiger partial charge < -0.3 is 16.0 Å². The van der Waals surface area contributed by atoms with E-state index < -0.39 is 0 Å². The van der Waals surface area contributed by atoms with Crippen LogP contribution in [0.3, 0.4) is 0 Å². The molecule has 0 aliphatic rings. The number of carbonyl (C=O) groups excluding carboxylic acids is 2. The maximum Gasteiger partial charge on any atom is 0.269 e. The van der Waals surface area contributed by atoms with Crippen LogP contribution in [0.25, 0.3) is 10.1 Å². The van der Waals surface area contributed by atoms with Gasteiger partial charge in [-0.3, -0.25) is 14.6 Å². The van der Waals surface area contributed by atoms with Crippen molar-refractivity contribution >= 4 is 44.9 Å². The fourth-order valence-corrected chi connectivity index (χ4v) is 3.03. The lowest BCUT2D eigenvalue weighted by Gasteiger charge is -2.07. The van der Waals surface area contributed by atoms with Gasteiger partial charge in [0.25, 0.3) is 5.91 Å². The average molecular weight is 355 g/mol. The number of anilines is 2. The maximum absolute atomic E-state index is 11.9. The molecule has 0 bridgehead atoms. The molecule has 8 heteroatoms. The van der Waals surface area contributed by atoms with Crippen LogP contribution in [0.5, 0.6) is 0 Å². The van der Waals surface area contributed by atoms with E-state index in [2.05, 4.69) is 25.3 Å². The van der Waals surface area contributed by atoms with Gasteiger partial charge in [-0.05, 0) is 41.9 Å². The summed E-state index contributed by atoms with van der Waals surface area (Å²) in [4.78, 5) is 27.1. The molecule has 0 atom stereocenters. The molecular weight excluding hydrogens is 338 g/mol. The third kappa shape index (κ3) is 4.30. The highest BCUT2D eigenvalue weighted by molar-refractivity contribution is 7.13. The predicted octanol–water partition coefficient (Wildman–Crippen LogP) is 2.49. The zero-order valence-corrected chi connectivity index (χ0v) is 14.4. The van der Waals surface area contributed by atoms with E-state index in [1.807, 2.05) is 18.2 Å². The van der Waals surface area contributed by atoms with Gasteiger partial charge in [0.05, 0.1) is 4.70 Å². The summed E-state index contributed by atoms with van der Waals surface area (Å²) in [6.45, 7) is 2.45. The molecule has 0 unspecified atom stereocenters. The zero-order valence-electron chi connectivity index (χ0n) is 13.6. The largest absolute Gasteiger partial charge is 0.367 e. The fraction of sp³-hybridized carbons (Fsp3) is 0.176. The average Bonchev–Trinajstić information content (AvgIpc) is 3.01. The van der Waals surface area contributed by atoms with Crippen LogP contribution in [-0.2, 0) is 4.79 Å². The van der Waals surface area contributed by atoms with Gasteiger partial charge in [0.2, 0.25) is 5.91 Å². The summed E-state index contributed by atoms with van der Waals surface area (Å²) in [5.74, 6) is 0.409. The number of amides is 2. The van der Waals surface area contributed by atoms with Crippen molar-refractivity contribution in [1.82, 2.24) is 14.7 Å². The Morgan fingerprint density at radius 2 is 2.04 bits per heavy atom. The van der Waals surface area contributed by atoms with Gasteiger partial charge in [0.1, 0.15) is 11.5 Å². The summed E-state index contributed by atoms with van der Waals surface area (Å²) in [5, 5.41) is 9.71. The number of hydrogen-bond acceptors (Lipinski definition) is 6. The second-order valence-electron chi connectivity index (χ2n) is 5.32. The monoisotopic (exact) mass is 355 g/mol. The van der Waals surface area contributed by atoms with Gasteiger partial charge >= 0.3 is 0 Å². The summed E-state index contributed by atoms with van der Waals surface area (Å²) in [6.07, 6.45) is 1.58. The lowest BCUT2D eigenvalue weighted by molar-refractivity contribution is -0.114. The molecule has 1 aromatic carbocycles. The van der Waals surface area contributed by atoms with Gasteiger partial charge in [-0.1, -0.05) is 6.07 Å². The van der Waals surface area contributed by atoms with Crippen molar-refractivity contribution in [2.45, 2.75) is 6.92 Å². The van der Waals surface area contributed by atoms with Crippen molar-refractivity contribution in [1.29, 1.82) is 0 Å². The SMILES string of the molecule is CC(=O)Nc1ccc2snc(NCCNC(=O)c3ccccn3)c2c1. The third-order valence-corrected chi connectivity index (χ3v) is 4.22. The Morgan fingerprint density at radius 3 is 2.80 bits per heavy atom. The van der Waals surface area contributed by atoms with Gasteiger partial charge in [0.15, 0.2) is 0 Å². The minimum absolute atomic E-state index is 0.116. The van der Waals surface area contributed by atoms with Gasteiger partial charge in [-0.25, -0.2) is 0 Å². The molecule has 0 aliphatic heterocycles. The van der Waals surface area contributed by atoms with Crippen molar-refractivity contribution in [3.05, 3.63) is 48.3 Å². The highest BCUT2D eigenvalue weighted by atomic mass is 32.1. The Morgan fingerprint density at radius 1 is 1.16 bits per heavy atom. The maximum atomic E-state index is 11.9. The number of nitrogens with zero attached hydrogens (tertiary/aromatic N) is 2. The Bertz CT molecular complexity index is 894. The lowest BCUT2D eigenvalue weighted by atomic mass is 10.2. The number of hydrogen-bond donors (Lipinski definition) is 3.